The van der Waals surface area contributed by atoms with Gasteiger partial charge in [0.05, 0.1) is 0 Å². The molecule has 2 rings (SSSR count). The molecule has 1 aliphatic heterocycles. The second kappa shape index (κ2) is 4.66. The smallest absolute Gasteiger partial charge is 0.188 e. The highest BCUT2D eigenvalue weighted by Gasteiger charge is 2.43. The minimum Gasteiger partial charge on any atom is -0.320 e. The van der Waals surface area contributed by atoms with Crippen LogP contribution in [0.15, 0.2) is 36.7 Å². The van der Waals surface area contributed by atoms with Crippen LogP contribution in [0.25, 0.3) is 0 Å². The molecule has 0 spiro atoms. The Balaban J connectivity index is 2.40. The maximum Gasteiger partial charge on any atom is 0.188 e. The van der Waals surface area contributed by atoms with Gasteiger partial charge in [-0.3, -0.25) is 9.99 Å². The number of hydrazine groups is 1. The molecule has 96 valence electrons. The van der Waals surface area contributed by atoms with Crippen molar-refractivity contribution in [3.63, 3.8) is 0 Å². The van der Waals surface area contributed by atoms with E-state index in [-0.39, 0.29) is 5.66 Å². The van der Waals surface area contributed by atoms with E-state index < -0.39 is 0 Å². The van der Waals surface area contributed by atoms with E-state index in [0.29, 0.717) is 0 Å². The van der Waals surface area contributed by atoms with E-state index in [2.05, 4.69) is 28.8 Å². The summed E-state index contributed by atoms with van der Waals surface area (Å²) in [6.45, 7) is 8.83. The third-order valence-corrected chi connectivity index (χ3v) is 3.61. The number of nitrogens with zero attached hydrogens (tertiary/aromatic N) is 3. The van der Waals surface area contributed by atoms with Gasteiger partial charge in [-0.15, -0.1) is 0 Å². The van der Waals surface area contributed by atoms with Gasteiger partial charge in [-0.05, 0) is 43.8 Å². The Kier molecular flexibility index (Phi) is 3.36. The molecule has 1 saturated heterocycles. The molecule has 0 saturated carbocycles. The van der Waals surface area contributed by atoms with Gasteiger partial charge < -0.3 is 4.90 Å². The van der Waals surface area contributed by atoms with Gasteiger partial charge >= 0.3 is 0 Å². The Morgan fingerprint density at radius 2 is 2.11 bits per heavy atom. The van der Waals surface area contributed by atoms with E-state index in [0.717, 1.165) is 22.8 Å². The quantitative estimate of drug-likeness (QED) is 0.664. The molecule has 1 aromatic heterocycles. The Bertz CT molecular complexity index is 473. The summed E-state index contributed by atoms with van der Waals surface area (Å²) in [5.74, 6) is 0. The van der Waals surface area contributed by atoms with Crippen molar-refractivity contribution in [2.45, 2.75) is 19.5 Å². The maximum atomic E-state index is 5.46. The number of hydrogen-bond donors (Lipinski definition) is 1. The summed E-state index contributed by atoms with van der Waals surface area (Å²) in [5.41, 5.74) is 5.26. The molecule has 0 aliphatic carbocycles. The minimum atomic E-state index is -0.353. The Morgan fingerprint density at radius 3 is 2.67 bits per heavy atom. The van der Waals surface area contributed by atoms with E-state index in [9.17, 15) is 0 Å². The molecule has 2 heterocycles. The third kappa shape index (κ3) is 2.11. The van der Waals surface area contributed by atoms with Crippen LogP contribution in [0.4, 0.5) is 0 Å². The average Bonchev–Trinajstić information content (AvgIpc) is 2.55. The fourth-order valence-electron chi connectivity index (χ4n) is 2.20. The van der Waals surface area contributed by atoms with Crippen molar-refractivity contribution in [3.05, 3.63) is 42.2 Å². The van der Waals surface area contributed by atoms with Crippen LogP contribution >= 0.6 is 12.2 Å². The summed E-state index contributed by atoms with van der Waals surface area (Å²) in [6.07, 6.45) is 3.59. The molecular formula is C13H18N4S. The van der Waals surface area contributed by atoms with Crippen molar-refractivity contribution in [1.82, 2.24) is 20.3 Å². The lowest BCUT2D eigenvalue weighted by Gasteiger charge is -2.34. The van der Waals surface area contributed by atoms with Crippen molar-refractivity contribution in [1.29, 1.82) is 0 Å². The first-order valence-electron chi connectivity index (χ1n) is 5.83. The highest BCUT2D eigenvalue weighted by Crippen LogP contribution is 2.31. The van der Waals surface area contributed by atoms with Gasteiger partial charge in [-0.25, -0.2) is 5.43 Å². The second-order valence-corrected chi connectivity index (χ2v) is 5.17. The SMILES string of the molecule is C=C(C)CN1C(=S)N(C)NC1(C)c1ccncc1. The third-order valence-electron chi connectivity index (χ3n) is 3.11. The first-order valence-corrected chi connectivity index (χ1v) is 6.24. The number of thiocarbonyl (C=S) groups is 1. The van der Waals surface area contributed by atoms with E-state index >= 15 is 0 Å². The summed E-state index contributed by atoms with van der Waals surface area (Å²) in [6, 6.07) is 4.00. The van der Waals surface area contributed by atoms with Crippen LogP contribution in [-0.4, -0.2) is 33.6 Å². The predicted octanol–water partition coefficient (Wildman–Crippen LogP) is 1.87. The Hall–Kier alpha value is -1.46. The van der Waals surface area contributed by atoms with Crippen LogP contribution in [0, 0.1) is 0 Å². The molecule has 18 heavy (non-hydrogen) atoms. The fourth-order valence-corrected chi connectivity index (χ4v) is 2.49. The van der Waals surface area contributed by atoms with Crippen molar-refractivity contribution < 1.29 is 0 Å². The Labute approximate surface area is 113 Å². The molecular weight excluding hydrogens is 244 g/mol. The number of pyridine rings is 1. The van der Waals surface area contributed by atoms with E-state index in [1.54, 1.807) is 12.4 Å². The summed E-state index contributed by atoms with van der Waals surface area (Å²) < 4.78 is 0. The summed E-state index contributed by atoms with van der Waals surface area (Å²) in [7, 11) is 1.93. The standard InChI is InChI=1S/C13H18N4S/c1-10(2)9-17-12(18)16(4)15-13(17,3)11-5-7-14-8-6-11/h5-8,15H,1,9H2,2-4H3. The largest absolute Gasteiger partial charge is 0.320 e. The van der Waals surface area contributed by atoms with E-state index in [1.165, 1.54) is 0 Å². The lowest BCUT2D eigenvalue weighted by atomic mass is 10.0. The van der Waals surface area contributed by atoms with Crippen LogP contribution in [0.1, 0.15) is 19.4 Å². The van der Waals surface area contributed by atoms with Crippen LogP contribution in [0.2, 0.25) is 0 Å². The molecule has 0 aromatic carbocycles. The van der Waals surface area contributed by atoms with Crippen molar-refractivity contribution >= 4 is 17.3 Å². The van der Waals surface area contributed by atoms with Crippen molar-refractivity contribution in [3.8, 4) is 0 Å². The normalized spacial score (nSPS) is 23.6. The first-order chi connectivity index (χ1) is 8.45. The van der Waals surface area contributed by atoms with Gasteiger partial charge in [-0.1, -0.05) is 12.2 Å². The van der Waals surface area contributed by atoms with Gasteiger partial charge in [0.2, 0.25) is 0 Å². The summed E-state index contributed by atoms with van der Waals surface area (Å²) >= 11 is 5.46. The molecule has 1 unspecified atom stereocenters. The van der Waals surface area contributed by atoms with Gasteiger partial charge in [0, 0.05) is 26.0 Å². The lowest BCUT2D eigenvalue weighted by molar-refractivity contribution is 0.165. The number of hydrogen-bond acceptors (Lipinski definition) is 3. The zero-order valence-electron chi connectivity index (χ0n) is 11.0. The Morgan fingerprint density at radius 1 is 1.50 bits per heavy atom. The molecule has 1 N–H and O–H groups in total. The van der Waals surface area contributed by atoms with Crippen LogP contribution < -0.4 is 5.43 Å². The molecule has 0 amide bonds. The number of aromatic nitrogens is 1. The molecule has 0 bridgehead atoms. The topological polar surface area (TPSA) is 31.4 Å². The summed E-state index contributed by atoms with van der Waals surface area (Å²) in [5, 5.41) is 2.65. The first kappa shape index (κ1) is 13.0. The molecule has 1 atom stereocenters. The highest BCUT2D eigenvalue weighted by atomic mass is 32.1. The van der Waals surface area contributed by atoms with Gasteiger partial charge in [-0.2, -0.15) is 0 Å². The lowest BCUT2D eigenvalue weighted by Crippen LogP contribution is -2.47. The fraction of sp³-hybridized carbons (Fsp3) is 0.385. The predicted molar refractivity (Wildman–Crippen MR) is 76.6 cm³/mol. The van der Waals surface area contributed by atoms with Crippen LogP contribution in [0.5, 0.6) is 0 Å². The van der Waals surface area contributed by atoms with Crippen molar-refractivity contribution in [2.24, 2.45) is 0 Å². The zero-order valence-corrected chi connectivity index (χ0v) is 11.8. The monoisotopic (exact) mass is 262 g/mol. The molecule has 1 fully saturated rings. The molecule has 1 aliphatic rings. The van der Waals surface area contributed by atoms with E-state index in [4.69, 9.17) is 12.2 Å². The van der Waals surface area contributed by atoms with Gasteiger partial charge in [0.1, 0.15) is 5.66 Å². The van der Waals surface area contributed by atoms with Gasteiger partial charge in [0.25, 0.3) is 0 Å². The average molecular weight is 262 g/mol. The maximum absolute atomic E-state index is 5.46. The number of rotatable bonds is 3. The molecule has 5 heteroatoms. The highest BCUT2D eigenvalue weighted by molar-refractivity contribution is 7.80. The molecule has 4 nitrogen and oxygen atoms in total. The van der Waals surface area contributed by atoms with Crippen LogP contribution in [-0.2, 0) is 5.66 Å². The van der Waals surface area contributed by atoms with E-state index in [1.807, 2.05) is 31.1 Å². The zero-order chi connectivity index (χ0) is 13.3. The molecule has 0 radical (unpaired) electrons. The molecule has 1 aromatic rings. The second-order valence-electron chi connectivity index (χ2n) is 4.80. The van der Waals surface area contributed by atoms with Gasteiger partial charge in [0.15, 0.2) is 5.11 Å². The summed E-state index contributed by atoms with van der Waals surface area (Å²) in [4.78, 5) is 6.20. The van der Waals surface area contributed by atoms with Crippen LogP contribution in [0.3, 0.4) is 0 Å². The minimum absolute atomic E-state index is 0.353. The number of nitrogens with one attached hydrogen (secondary N) is 1. The van der Waals surface area contributed by atoms with Crippen molar-refractivity contribution in [2.75, 3.05) is 13.6 Å².